The molecule has 2 aliphatic rings. The summed E-state index contributed by atoms with van der Waals surface area (Å²) < 4.78 is 5.20. The van der Waals surface area contributed by atoms with E-state index >= 15 is 0 Å². The largest absolute Gasteiger partial charge is 0.438 e. The van der Waals surface area contributed by atoms with Crippen LogP contribution in [0.1, 0.15) is 42.4 Å². The van der Waals surface area contributed by atoms with Gasteiger partial charge < -0.3 is 19.1 Å². The third-order valence-electron chi connectivity index (χ3n) is 5.48. The summed E-state index contributed by atoms with van der Waals surface area (Å²) >= 11 is 0. The zero-order valence-corrected chi connectivity index (χ0v) is 15.2. The molecule has 0 spiro atoms. The monoisotopic (exact) mass is 348 g/mol. The van der Waals surface area contributed by atoms with Gasteiger partial charge in [0.1, 0.15) is 0 Å². The number of amides is 2. The Kier molecular flexibility index (Phi) is 5.73. The summed E-state index contributed by atoms with van der Waals surface area (Å²) in [7, 11) is 0. The molecule has 2 saturated heterocycles. The number of carbonyl (C=O) groups excluding carboxylic acids is 2. The molecule has 0 atom stereocenters. The average Bonchev–Trinajstić information content (AvgIpc) is 3.07. The number of nitrogens with zero attached hydrogens (tertiary/aromatic N) is 4. The van der Waals surface area contributed by atoms with Crippen molar-refractivity contribution in [1.29, 1.82) is 0 Å². The van der Waals surface area contributed by atoms with Crippen LogP contribution in [0.25, 0.3) is 0 Å². The Morgan fingerprint density at radius 2 is 1.80 bits per heavy atom. The van der Waals surface area contributed by atoms with Gasteiger partial charge in [-0.3, -0.25) is 9.59 Å². The predicted molar refractivity (Wildman–Crippen MR) is 93.2 cm³/mol. The number of aryl methyl sites for hydroxylation is 1. The van der Waals surface area contributed by atoms with Gasteiger partial charge in [-0.2, -0.15) is 0 Å². The van der Waals surface area contributed by atoms with Gasteiger partial charge in [0.15, 0.2) is 6.39 Å². The number of likely N-dealkylation sites (N-methyl/N-ethyl adjacent to an activating group) is 1. The number of piperidine rings is 1. The van der Waals surface area contributed by atoms with Crippen LogP contribution in [0.5, 0.6) is 0 Å². The number of piperazine rings is 1. The normalized spacial score (nSPS) is 20.1. The molecule has 0 unspecified atom stereocenters. The van der Waals surface area contributed by atoms with Crippen molar-refractivity contribution >= 4 is 11.8 Å². The minimum Gasteiger partial charge on any atom is -0.438 e. The predicted octanol–water partition coefficient (Wildman–Crippen LogP) is 1.39. The molecule has 2 fully saturated rings. The molecule has 0 radical (unpaired) electrons. The van der Waals surface area contributed by atoms with E-state index in [4.69, 9.17) is 4.42 Å². The lowest BCUT2D eigenvalue weighted by atomic mass is 9.92. The maximum Gasteiger partial charge on any atom is 0.291 e. The first-order valence-electron chi connectivity index (χ1n) is 9.28. The van der Waals surface area contributed by atoms with Gasteiger partial charge in [-0.05, 0) is 32.2 Å². The maximum absolute atomic E-state index is 12.5. The van der Waals surface area contributed by atoms with Crippen molar-refractivity contribution < 1.29 is 14.0 Å². The van der Waals surface area contributed by atoms with Crippen molar-refractivity contribution in [2.24, 2.45) is 5.92 Å². The lowest BCUT2D eigenvalue weighted by Gasteiger charge is -2.36. The van der Waals surface area contributed by atoms with Crippen molar-refractivity contribution in [3.63, 3.8) is 0 Å². The van der Waals surface area contributed by atoms with E-state index < -0.39 is 0 Å². The van der Waals surface area contributed by atoms with E-state index in [0.29, 0.717) is 36.9 Å². The first kappa shape index (κ1) is 17.9. The van der Waals surface area contributed by atoms with E-state index in [-0.39, 0.29) is 11.8 Å². The molecule has 138 valence electrons. The third kappa shape index (κ3) is 4.21. The molecule has 0 N–H and O–H groups in total. The Morgan fingerprint density at radius 1 is 1.12 bits per heavy atom. The van der Waals surface area contributed by atoms with Gasteiger partial charge in [-0.1, -0.05) is 6.92 Å². The van der Waals surface area contributed by atoms with Gasteiger partial charge in [0.05, 0.1) is 5.69 Å². The first-order valence-corrected chi connectivity index (χ1v) is 9.28. The third-order valence-corrected chi connectivity index (χ3v) is 5.48. The number of carbonyl (C=O) groups is 2. The SMILES string of the molecule is CCN1CCN(C(=O)CC2CCN(C(=O)c3ocnc3C)CC2)CC1. The van der Waals surface area contributed by atoms with Gasteiger partial charge in [-0.15, -0.1) is 0 Å². The van der Waals surface area contributed by atoms with E-state index in [1.54, 1.807) is 6.92 Å². The lowest BCUT2D eigenvalue weighted by molar-refractivity contribution is -0.134. The molecule has 0 bridgehead atoms. The number of hydrogen-bond acceptors (Lipinski definition) is 5. The van der Waals surface area contributed by atoms with Crippen LogP contribution in [0.15, 0.2) is 10.8 Å². The second-order valence-electron chi connectivity index (χ2n) is 7.02. The second kappa shape index (κ2) is 7.99. The molecule has 2 aliphatic heterocycles. The second-order valence-corrected chi connectivity index (χ2v) is 7.02. The zero-order chi connectivity index (χ0) is 17.8. The van der Waals surface area contributed by atoms with Gasteiger partial charge in [0, 0.05) is 45.7 Å². The summed E-state index contributed by atoms with van der Waals surface area (Å²) in [4.78, 5) is 35.1. The summed E-state index contributed by atoms with van der Waals surface area (Å²) in [6, 6.07) is 0. The summed E-state index contributed by atoms with van der Waals surface area (Å²) in [6.07, 6.45) is 3.67. The molecular formula is C18H28N4O3. The number of hydrogen-bond donors (Lipinski definition) is 0. The van der Waals surface area contributed by atoms with Crippen LogP contribution in [0.2, 0.25) is 0 Å². The van der Waals surface area contributed by atoms with Crippen molar-refractivity contribution in [3.05, 3.63) is 17.8 Å². The number of aromatic nitrogens is 1. The zero-order valence-electron chi connectivity index (χ0n) is 15.2. The van der Waals surface area contributed by atoms with Crippen LogP contribution >= 0.6 is 0 Å². The van der Waals surface area contributed by atoms with E-state index in [1.165, 1.54) is 6.39 Å². The fraction of sp³-hybridized carbons (Fsp3) is 0.722. The molecule has 7 heteroatoms. The van der Waals surface area contributed by atoms with Crippen molar-refractivity contribution in [1.82, 2.24) is 19.7 Å². The van der Waals surface area contributed by atoms with Crippen LogP contribution in [-0.4, -0.2) is 77.3 Å². The van der Waals surface area contributed by atoms with Crippen LogP contribution < -0.4 is 0 Å². The molecule has 2 amide bonds. The Bertz CT molecular complexity index is 599. The molecule has 0 aliphatic carbocycles. The quantitative estimate of drug-likeness (QED) is 0.822. The van der Waals surface area contributed by atoms with Crippen LogP contribution in [-0.2, 0) is 4.79 Å². The molecule has 0 aromatic carbocycles. The Morgan fingerprint density at radius 3 is 2.36 bits per heavy atom. The fourth-order valence-corrected chi connectivity index (χ4v) is 3.68. The molecule has 7 nitrogen and oxygen atoms in total. The molecule has 1 aromatic heterocycles. The molecule has 1 aromatic rings. The Labute approximate surface area is 149 Å². The topological polar surface area (TPSA) is 69.9 Å². The highest BCUT2D eigenvalue weighted by molar-refractivity contribution is 5.92. The number of rotatable bonds is 4. The van der Waals surface area contributed by atoms with Crippen molar-refractivity contribution in [2.45, 2.75) is 33.1 Å². The molecular weight excluding hydrogens is 320 g/mol. The van der Waals surface area contributed by atoms with E-state index in [0.717, 1.165) is 45.6 Å². The summed E-state index contributed by atoms with van der Waals surface area (Å²) in [6.45, 7) is 9.99. The highest BCUT2D eigenvalue weighted by atomic mass is 16.3. The highest BCUT2D eigenvalue weighted by Crippen LogP contribution is 2.23. The average molecular weight is 348 g/mol. The molecule has 0 saturated carbocycles. The Balaban J connectivity index is 1.44. The molecule has 3 heterocycles. The van der Waals surface area contributed by atoms with Crippen LogP contribution in [0.4, 0.5) is 0 Å². The number of oxazole rings is 1. The van der Waals surface area contributed by atoms with Crippen molar-refractivity contribution in [3.8, 4) is 0 Å². The molecule has 25 heavy (non-hydrogen) atoms. The van der Waals surface area contributed by atoms with Crippen LogP contribution in [0, 0.1) is 12.8 Å². The van der Waals surface area contributed by atoms with Crippen molar-refractivity contribution in [2.75, 3.05) is 45.8 Å². The Hall–Kier alpha value is -1.89. The summed E-state index contributed by atoms with van der Waals surface area (Å²) in [5.74, 6) is 0.891. The van der Waals surface area contributed by atoms with Gasteiger partial charge in [-0.25, -0.2) is 4.98 Å². The highest BCUT2D eigenvalue weighted by Gasteiger charge is 2.29. The minimum absolute atomic E-state index is 0.0875. The van der Waals surface area contributed by atoms with Crippen LogP contribution in [0.3, 0.4) is 0 Å². The molecule has 3 rings (SSSR count). The van der Waals surface area contributed by atoms with Gasteiger partial charge in [0.2, 0.25) is 11.7 Å². The summed E-state index contributed by atoms with van der Waals surface area (Å²) in [5.41, 5.74) is 0.633. The van der Waals surface area contributed by atoms with E-state index in [2.05, 4.69) is 16.8 Å². The summed E-state index contributed by atoms with van der Waals surface area (Å²) in [5, 5.41) is 0. The smallest absolute Gasteiger partial charge is 0.291 e. The fourth-order valence-electron chi connectivity index (χ4n) is 3.68. The maximum atomic E-state index is 12.5. The van der Waals surface area contributed by atoms with Gasteiger partial charge in [0.25, 0.3) is 5.91 Å². The number of likely N-dealkylation sites (tertiary alicyclic amines) is 1. The van der Waals surface area contributed by atoms with Gasteiger partial charge >= 0.3 is 0 Å². The standard InChI is InChI=1S/C18H28N4O3/c1-3-20-8-10-21(11-9-20)16(23)12-15-4-6-22(7-5-15)18(24)17-14(2)19-13-25-17/h13,15H,3-12H2,1-2H3. The van der Waals surface area contributed by atoms with E-state index in [1.807, 2.05) is 9.80 Å². The minimum atomic E-state index is -0.0875. The van der Waals surface area contributed by atoms with E-state index in [9.17, 15) is 9.59 Å². The first-order chi connectivity index (χ1) is 12.1. The lowest BCUT2D eigenvalue weighted by Crippen LogP contribution is -2.49.